The number of piperidine rings is 1. The number of likely N-dealkylation sites (tertiary alicyclic amines) is 1. The number of amides is 2. The second kappa shape index (κ2) is 10.8. The lowest BCUT2D eigenvalue weighted by Crippen LogP contribution is -2.49. The van der Waals surface area contributed by atoms with E-state index in [0.29, 0.717) is 38.6 Å². The molecular formula is C21H31N5O4. The SMILES string of the molecule is CN=C(NCc1cccc(OCC(N)=O)c1)N1CCC(C(=O)N2CCOCC2)CC1. The van der Waals surface area contributed by atoms with E-state index in [2.05, 4.69) is 15.2 Å². The number of nitrogens with zero attached hydrogens (tertiary/aromatic N) is 3. The van der Waals surface area contributed by atoms with Crippen LogP contribution >= 0.6 is 0 Å². The van der Waals surface area contributed by atoms with Crippen molar-refractivity contribution in [3.05, 3.63) is 29.8 Å². The van der Waals surface area contributed by atoms with Crippen molar-refractivity contribution in [2.45, 2.75) is 19.4 Å². The summed E-state index contributed by atoms with van der Waals surface area (Å²) in [6.07, 6.45) is 1.65. The third kappa shape index (κ3) is 6.09. The number of guanidine groups is 1. The molecule has 1 aromatic carbocycles. The second-order valence-corrected chi connectivity index (χ2v) is 7.50. The number of benzene rings is 1. The van der Waals surface area contributed by atoms with Crippen molar-refractivity contribution in [1.29, 1.82) is 0 Å². The van der Waals surface area contributed by atoms with E-state index in [-0.39, 0.29) is 18.4 Å². The van der Waals surface area contributed by atoms with E-state index in [4.69, 9.17) is 15.2 Å². The Morgan fingerprint density at radius 3 is 2.60 bits per heavy atom. The highest BCUT2D eigenvalue weighted by molar-refractivity contribution is 5.82. The molecule has 2 fully saturated rings. The van der Waals surface area contributed by atoms with Gasteiger partial charge >= 0.3 is 0 Å². The van der Waals surface area contributed by atoms with Crippen molar-refractivity contribution in [3.8, 4) is 5.75 Å². The quantitative estimate of drug-likeness (QED) is 0.505. The van der Waals surface area contributed by atoms with Gasteiger partial charge in [0.15, 0.2) is 12.6 Å². The standard InChI is InChI=1S/C21H31N5O4/c1-23-21(24-14-16-3-2-4-18(13-16)30-15-19(22)27)26-7-5-17(6-8-26)20(28)25-9-11-29-12-10-25/h2-4,13,17H,5-12,14-15H2,1H3,(H2,22,27)(H,23,24). The van der Waals surface area contributed by atoms with Crippen LogP contribution in [0.25, 0.3) is 0 Å². The van der Waals surface area contributed by atoms with Gasteiger partial charge in [0.1, 0.15) is 5.75 Å². The maximum Gasteiger partial charge on any atom is 0.255 e. The van der Waals surface area contributed by atoms with Gasteiger partial charge < -0.3 is 30.3 Å². The highest BCUT2D eigenvalue weighted by Crippen LogP contribution is 2.21. The van der Waals surface area contributed by atoms with Crippen LogP contribution in [-0.2, 0) is 20.9 Å². The van der Waals surface area contributed by atoms with Gasteiger partial charge in [0.25, 0.3) is 5.91 Å². The van der Waals surface area contributed by atoms with Gasteiger partial charge in [-0.25, -0.2) is 0 Å². The molecule has 9 nitrogen and oxygen atoms in total. The smallest absolute Gasteiger partial charge is 0.255 e. The Morgan fingerprint density at radius 1 is 1.20 bits per heavy atom. The Morgan fingerprint density at radius 2 is 1.93 bits per heavy atom. The normalized spacial score (nSPS) is 18.2. The van der Waals surface area contributed by atoms with Gasteiger partial charge in [-0.1, -0.05) is 12.1 Å². The molecule has 30 heavy (non-hydrogen) atoms. The average Bonchev–Trinajstić information content (AvgIpc) is 2.79. The summed E-state index contributed by atoms with van der Waals surface area (Å²) in [6, 6.07) is 7.51. The topological polar surface area (TPSA) is 109 Å². The van der Waals surface area contributed by atoms with Crippen LogP contribution in [0.1, 0.15) is 18.4 Å². The highest BCUT2D eigenvalue weighted by atomic mass is 16.5. The van der Waals surface area contributed by atoms with E-state index in [0.717, 1.165) is 37.5 Å². The van der Waals surface area contributed by atoms with E-state index in [9.17, 15) is 9.59 Å². The Balaban J connectivity index is 1.47. The zero-order valence-corrected chi connectivity index (χ0v) is 17.5. The molecule has 0 spiro atoms. The van der Waals surface area contributed by atoms with Gasteiger partial charge in [0.2, 0.25) is 5.91 Å². The molecule has 3 N–H and O–H groups in total. The minimum absolute atomic E-state index is 0.0801. The summed E-state index contributed by atoms with van der Waals surface area (Å²) >= 11 is 0. The van der Waals surface area contributed by atoms with E-state index in [1.54, 1.807) is 13.1 Å². The summed E-state index contributed by atoms with van der Waals surface area (Å²) in [4.78, 5) is 32.1. The third-order valence-electron chi connectivity index (χ3n) is 5.41. The van der Waals surface area contributed by atoms with Crippen LogP contribution in [0.5, 0.6) is 5.75 Å². The number of primary amides is 1. The molecule has 3 rings (SSSR count). The van der Waals surface area contributed by atoms with E-state index >= 15 is 0 Å². The van der Waals surface area contributed by atoms with Crippen LogP contribution in [0.3, 0.4) is 0 Å². The molecule has 2 aliphatic rings. The number of ether oxygens (including phenoxy) is 2. The van der Waals surface area contributed by atoms with Crippen molar-refractivity contribution < 1.29 is 19.1 Å². The van der Waals surface area contributed by atoms with Crippen molar-refractivity contribution in [2.24, 2.45) is 16.6 Å². The molecule has 9 heteroatoms. The minimum atomic E-state index is -0.505. The lowest BCUT2D eigenvalue weighted by atomic mass is 9.95. The number of carbonyl (C=O) groups excluding carboxylic acids is 2. The van der Waals surface area contributed by atoms with Gasteiger partial charge in [-0.2, -0.15) is 0 Å². The number of carbonyl (C=O) groups is 2. The monoisotopic (exact) mass is 417 g/mol. The van der Waals surface area contributed by atoms with E-state index < -0.39 is 5.91 Å². The van der Waals surface area contributed by atoms with Crippen LogP contribution in [0.15, 0.2) is 29.3 Å². The largest absolute Gasteiger partial charge is 0.484 e. The van der Waals surface area contributed by atoms with Crippen LogP contribution in [0.2, 0.25) is 0 Å². The zero-order chi connectivity index (χ0) is 21.3. The molecule has 0 saturated carbocycles. The second-order valence-electron chi connectivity index (χ2n) is 7.50. The van der Waals surface area contributed by atoms with Crippen LogP contribution in [0, 0.1) is 5.92 Å². The Bertz CT molecular complexity index is 756. The zero-order valence-electron chi connectivity index (χ0n) is 17.5. The molecule has 0 bridgehead atoms. The highest BCUT2D eigenvalue weighted by Gasteiger charge is 2.30. The fourth-order valence-corrected chi connectivity index (χ4v) is 3.79. The number of rotatable bonds is 6. The fraction of sp³-hybridized carbons (Fsp3) is 0.571. The Labute approximate surface area is 177 Å². The van der Waals surface area contributed by atoms with Crippen molar-refractivity contribution in [2.75, 3.05) is 53.0 Å². The molecular weight excluding hydrogens is 386 g/mol. The number of hydrogen-bond acceptors (Lipinski definition) is 5. The molecule has 1 aromatic rings. The Hall–Kier alpha value is -2.81. The lowest BCUT2D eigenvalue weighted by Gasteiger charge is -2.36. The van der Waals surface area contributed by atoms with Crippen molar-refractivity contribution in [3.63, 3.8) is 0 Å². The maximum atomic E-state index is 12.7. The molecule has 2 aliphatic heterocycles. The molecule has 2 saturated heterocycles. The molecule has 0 radical (unpaired) electrons. The van der Waals surface area contributed by atoms with Crippen molar-refractivity contribution in [1.82, 2.24) is 15.1 Å². The summed E-state index contributed by atoms with van der Waals surface area (Å²) in [5, 5.41) is 3.37. The van der Waals surface area contributed by atoms with Gasteiger partial charge in [-0.15, -0.1) is 0 Å². The molecule has 0 atom stereocenters. The summed E-state index contributed by atoms with van der Waals surface area (Å²) in [7, 11) is 1.76. The van der Waals surface area contributed by atoms with Gasteiger partial charge in [-0.3, -0.25) is 14.6 Å². The number of nitrogens with one attached hydrogen (secondary N) is 1. The summed E-state index contributed by atoms with van der Waals surface area (Å²) in [6.45, 7) is 4.69. The maximum absolute atomic E-state index is 12.7. The van der Waals surface area contributed by atoms with Crippen molar-refractivity contribution >= 4 is 17.8 Å². The van der Waals surface area contributed by atoms with Gasteiger partial charge in [-0.05, 0) is 30.5 Å². The molecule has 2 heterocycles. The molecule has 2 amide bonds. The molecule has 164 valence electrons. The lowest BCUT2D eigenvalue weighted by molar-refractivity contribution is -0.140. The number of hydrogen-bond donors (Lipinski definition) is 2. The van der Waals surface area contributed by atoms with Crippen LogP contribution < -0.4 is 15.8 Å². The number of morpholine rings is 1. The summed E-state index contributed by atoms with van der Waals surface area (Å²) in [5.74, 6) is 1.25. The average molecular weight is 418 g/mol. The number of nitrogens with two attached hydrogens (primary N) is 1. The van der Waals surface area contributed by atoms with Crippen LogP contribution in [0.4, 0.5) is 0 Å². The van der Waals surface area contributed by atoms with E-state index in [1.165, 1.54) is 0 Å². The number of aliphatic imine (C=N–C) groups is 1. The molecule has 0 unspecified atom stereocenters. The first kappa shape index (κ1) is 21.9. The fourth-order valence-electron chi connectivity index (χ4n) is 3.79. The summed E-state index contributed by atoms with van der Waals surface area (Å²) in [5.41, 5.74) is 6.13. The minimum Gasteiger partial charge on any atom is -0.484 e. The van der Waals surface area contributed by atoms with E-state index in [1.807, 2.05) is 23.1 Å². The predicted octanol–water partition coefficient (Wildman–Crippen LogP) is 0.197. The predicted molar refractivity (Wildman–Crippen MR) is 113 cm³/mol. The first-order valence-electron chi connectivity index (χ1n) is 10.4. The third-order valence-corrected chi connectivity index (χ3v) is 5.41. The summed E-state index contributed by atoms with van der Waals surface area (Å²) < 4.78 is 10.7. The first-order chi connectivity index (χ1) is 14.6. The van der Waals surface area contributed by atoms with Gasteiger partial charge in [0.05, 0.1) is 13.2 Å². The molecule has 0 aromatic heterocycles. The Kier molecular flexibility index (Phi) is 7.89. The van der Waals surface area contributed by atoms with Crippen LogP contribution in [-0.4, -0.2) is 80.6 Å². The molecule has 0 aliphatic carbocycles. The van der Waals surface area contributed by atoms with Gasteiger partial charge in [0, 0.05) is 45.7 Å². The first-order valence-corrected chi connectivity index (χ1v) is 10.4.